The summed E-state index contributed by atoms with van der Waals surface area (Å²) in [7, 11) is 1.97. The largest absolute Gasteiger partial charge is 0.342 e. The molecule has 1 aromatic heterocycles. The molecule has 0 amide bonds. The van der Waals surface area contributed by atoms with Crippen molar-refractivity contribution in [3.8, 4) is 11.3 Å². The summed E-state index contributed by atoms with van der Waals surface area (Å²) in [5.74, 6) is 0.871. The maximum Gasteiger partial charge on any atom is 0.126 e. The third-order valence-corrected chi connectivity index (χ3v) is 3.92. The summed E-state index contributed by atoms with van der Waals surface area (Å²) in [5.41, 5.74) is 2.78. The van der Waals surface area contributed by atoms with Gasteiger partial charge in [0.15, 0.2) is 0 Å². The highest BCUT2D eigenvalue weighted by atomic mass is 19.1. The minimum atomic E-state index is -0.169. The van der Waals surface area contributed by atoms with Crippen LogP contribution >= 0.6 is 0 Å². The van der Waals surface area contributed by atoms with Crippen molar-refractivity contribution in [2.75, 3.05) is 13.6 Å². The number of aromatic amines is 1. The zero-order valence-electron chi connectivity index (χ0n) is 11.3. The number of H-pyrrole nitrogens is 1. The van der Waals surface area contributed by atoms with Crippen molar-refractivity contribution in [3.05, 3.63) is 41.6 Å². The third-order valence-electron chi connectivity index (χ3n) is 3.92. The summed E-state index contributed by atoms with van der Waals surface area (Å²) in [4.78, 5) is 7.90. The van der Waals surface area contributed by atoms with Crippen LogP contribution in [0.15, 0.2) is 24.4 Å². The van der Waals surface area contributed by atoms with Crippen LogP contribution in [0.4, 0.5) is 4.39 Å². The zero-order chi connectivity index (χ0) is 13.5. The number of benzene rings is 1. The molecule has 0 saturated heterocycles. The van der Waals surface area contributed by atoms with Gasteiger partial charge in [-0.2, -0.15) is 0 Å². The monoisotopic (exact) mass is 259 g/mol. The second-order valence-corrected chi connectivity index (χ2v) is 5.42. The summed E-state index contributed by atoms with van der Waals surface area (Å²) in [6.45, 7) is 2.72. The molecule has 3 nitrogen and oxygen atoms in total. The summed E-state index contributed by atoms with van der Waals surface area (Å²) in [6, 6.07) is 5.15. The standard InChI is InChI=1S/C15H18FN3/c1-10-7-11(3-4-12(10)16)13-8-18-14(19-13)15(5-6-15)9-17-2/h3-4,7-8,17H,5-6,9H2,1-2H3,(H,18,19). The molecule has 1 saturated carbocycles. The highest BCUT2D eigenvalue weighted by Crippen LogP contribution is 2.46. The fourth-order valence-corrected chi connectivity index (χ4v) is 2.54. The van der Waals surface area contributed by atoms with Crippen molar-refractivity contribution in [2.24, 2.45) is 0 Å². The molecule has 1 aromatic carbocycles. The molecule has 0 spiro atoms. The minimum Gasteiger partial charge on any atom is -0.342 e. The molecule has 0 bridgehead atoms. The Morgan fingerprint density at radius 1 is 1.42 bits per heavy atom. The van der Waals surface area contributed by atoms with Gasteiger partial charge in [-0.1, -0.05) is 0 Å². The third kappa shape index (κ3) is 2.16. The van der Waals surface area contributed by atoms with Gasteiger partial charge in [0.1, 0.15) is 11.6 Å². The summed E-state index contributed by atoms with van der Waals surface area (Å²) in [5, 5.41) is 3.22. The topological polar surface area (TPSA) is 40.7 Å². The van der Waals surface area contributed by atoms with Crippen LogP contribution in [0.5, 0.6) is 0 Å². The Kier molecular flexibility index (Phi) is 2.90. The summed E-state index contributed by atoms with van der Waals surface area (Å²) >= 11 is 0. The molecule has 1 aliphatic rings. The lowest BCUT2D eigenvalue weighted by molar-refractivity contribution is 0.594. The Bertz CT molecular complexity index is 599. The van der Waals surface area contributed by atoms with E-state index in [1.807, 2.05) is 19.3 Å². The van der Waals surface area contributed by atoms with E-state index in [1.54, 1.807) is 13.0 Å². The van der Waals surface area contributed by atoms with Gasteiger partial charge in [-0.15, -0.1) is 0 Å². The van der Waals surface area contributed by atoms with Crippen molar-refractivity contribution < 1.29 is 4.39 Å². The Hall–Kier alpha value is -1.68. The molecule has 2 aromatic rings. The van der Waals surface area contributed by atoms with Crippen LogP contribution < -0.4 is 5.32 Å². The zero-order valence-corrected chi connectivity index (χ0v) is 11.3. The lowest BCUT2D eigenvalue weighted by Crippen LogP contribution is -2.24. The quantitative estimate of drug-likeness (QED) is 0.886. The van der Waals surface area contributed by atoms with Gasteiger partial charge in [-0.3, -0.25) is 0 Å². The molecule has 2 N–H and O–H groups in total. The molecule has 1 aliphatic carbocycles. The molecule has 1 fully saturated rings. The predicted octanol–water partition coefficient (Wildman–Crippen LogP) is 2.78. The molecule has 0 radical (unpaired) electrons. The number of imidazole rings is 1. The van der Waals surface area contributed by atoms with E-state index < -0.39 is 0 Å². The first-order valence-corrected chi connectivity index (χ1v) is 6.61. The van der Waals surface area contributed by atoms with Crippen LogP contribution in [-0.2, 0) is 5.41 Å². The van der Waals surface area contributed by atoms with E-state index >= 15 is 0 Å². The van der Waals surface area contributed by atoms with Gasteiger partial charge in [0.05, 0.1) is 11.9 Å². The fourth-order valence-electron chi connectivity index (χ4n) is 2.54. The second-order valence-electron chi connectivity index (χ2n) is 5.42. The number of nitrogens with zero attached hydrogens (tertiary/aromatic N) is 1. The van der Waals surface area contributed by atoms with Gasteiger partial charge in [0, 0.05) is 17.5 Å². The molecule has 0 unspecified atom stereocenters. The van der Waals surface area contributed by atoms with Crippen LogP contribution in [-0.4, -0.2) is 23.6 Å². The Morgan fingerprint density at radius 3 is 2.84 bits per heavy atom. The van der Waals surface area contributed by atoms with E-state index in [0.29, 0.717) is 5.56 Å². The number of rotatable bonds is 4. The smallest absolute Gasteiger partial charge is 0.126 e. The van der Waals surface area contributed by atoms with Crippen LogP contribution in [0.25, 0.3) is 11.3 Å². The number of nitrogens with one attached hydrogen (secondary N) is 2. The maximum absolute atomic E-state index is 13.3. The van der Waals surface area contributed by atoms with Gasteiger partial charge in [-0.05, 0) is 50.6 Å². The van der Waals surface area contributed by atoms with E-state index in [1.165, 1.54) is 18.9 Å². The Balaban J connectivity index is 1.91. The molecule has 1 heterocycles. The first-order chi connectivity index (χ1) is 9.14. The average molecular weight is 259 g/mol. The Labute approximate surface area is 112 Å². The van der Waals surface area contributed by atoms with Gasteiger partial charge in [0.25, 0.3) is 0 Å². The molecule has 100 valence electrons. The minimum absolute atomic E-state index is 0.169. The normalized spacial score (nSPS) is 16.6. The number of likely N-dealkylation sites (N-methyl/N-ethyl adjacent to an activating group) is 1. The molecule has 19 heavy (non-hydrogen) atoms. The molecule has 0 aliphatic heterocycles. The van der Waals surface area contributed by atoms with Gasteiger partial charge in [-0.25, -0.2) is 9.37 Å². The van der Waals surface area contributed by atoms with E-state index in [9.17, 15) is 4.39 Å². The van der Waals surface area contributed by atoms with E-state index in [2.05, 4.69) is 15.3 Å². The van der Waals surface area contributed by atoms with Gasteiger partial charge in [0.2, 0.25) is 0 Å². The summed E-state index contributed by atoms with van der Waals surface area (Å²) < 4.78 is 13.3. The molecule has 4 heteroatoms. The van der Waals surface area contributed by atoms with E-state index in [0.717, 1.165) is 23.6 Å². The van der Waals surface area contributed by atoms with Crippen LogP contribution in [0.3, 0.4) is 0 Å². The highest BCUT2D eigenvalue weighted by molar-refractivity contribution is 5.60. The van der Waals surface area contributed by atoms with Crippen molar-refractivity contribution in [2.45, 2.75) is 25.2 Å². The first kappa shape index (κ1) is 12.4. The molecule has 3 rings (SSSR count). The van der Waals surface area contributed by atoms with Crippen molar-refractivity contribution in [1.82, 2.24) is 15.3 Å². The predicted molar refractivity (Wildman–Crippen MR) is 73.6 cm³/mol. The number of hydrogen-bond acceptors (Lipinski definition) is 2. The van der Waals surface area contributed by atoms with Crippen LogP contribution in [0.2, 0.25) is 0 Å². The number of aromatic nitrogens is 2. The average Bonchev–Trinajstić information content (AvgIpc) is 3.01. The number of halogens is 1. The molecular formula is C15H18FN3. The van der Waals surface area contributed by atoms with Crippen LogP contribution in [0, 0.1) is 12.7 Å². The van der Waals surface area contributed by atoms with E-state index in [-0.39, 0.29) is 11.2 Å². The summed E-state index contributed by atoms with van der Waals surface area (Å²) in [6.07, 6.45) is 4.18. The highest BCUT2D eigenvalue weighted by Gasteiger charge is 2.46. The van der Waals surface area contributed by atoms with Gasteiger partial charge >= 0.3 is 0 Å². The van der Waals surface area contributed by atoms with E-state index in [4.69, 9.17) is 0 Å². The first-order valence-electron chi connectivity index (χ1n) is 6.61. The molecular weight excluding hydrogens is 241 g/mol. The van der Waals surface area contributed by atoms with Crippen molar-refractivity contribution in [1.29, 1.82) is 0 Å². The van der Waals surface area contributed by atoms with Crippen molar-refractivity contribution in [3.63, 3.8) is 0 Å². The molecule has 0 atom stereocenters. The lowest BCUT2D eigenvalue weighted by atomic mass is 10.1. The number of hydrogen-bond donors (Lipinski definition) is 2. The van der Waals surface area contributed by atoms with Crippen molar-refractivity contribution >= 4 is 0 Å². The maximum atomic E-state index is 13.3. The van der Waals surface area contributed by atoms with Gasteiger partial charge < -0.3 is 10.3 Å². The Morgan fingerprint density at radius 2 is 2.21 bits per heavy atom. The number of aryl methyl sites for hydroxylation is 1. The lowest BCUT2D eigenvalue weighted by Gasteiger charge is -2.10. The fraction of sp³-hybridized carbons (Fsp3) is 0.400. The second kappa shape index (κ2) is 4.46. The SMILES string of the molecule is CNCC1(c2ncc(-c3ccc(F)c(C)c3)[nH]2)CC1. The van der Waals surface area contributed by atoms with Crippen LogP contribution in [0.1, 0.15) is 24.2 Å².